The highest BCUT2D eigenvalue weighted by atomic mass is 32.2. The first-order chi connectivity index (χ1) is 13.3. The minimum atomic E-state index is -4.57. The Hall–Kier alpha value is -2.68. The van der Waals surface area contributed by atoms with Crippen LogP contribution >= 0.6 is 11.9 Å². The lowest BCUT2D eigenvalue weighted by Crippen LogP contribution is -2.10. The summed E-state index contributed by atoms with van der Waals surface area (Å²) in [6, 6.07) is 8.15. The zero-order chi connectivity index (χ0) is 20.3. The van der Waals surface area contributed by atoms with Crippen LogP contribution in [0.5, 0.6) is 0 Å². The van der Waals surface area contributed by atoms with E-state index in [1.807, 2.05) is 13.8 Å². The summed E-state index contributed by atoms with van der Waals surface area (Å²) in [6.07, 6.45) is -1.64. The first-order valence-electron chi connectivity index (χ1n) is 8.33. The Morgan fingerprint density at radius 2 is 1.82 bits per heavy atom. The second-order valence-electron chi connectivity index (χ2n) is 6.21. The van der Waals surface area contributed by atoms with Gasteiger partial charge in [0.15, 0.2) is 0 Å². The van der Waals surface area contributed by atoms with Crippen LogP contribution in [0.3, 0.4) is 0 Å². The van der Waals surface area contributed by atoms with Gasteiger partial charge in [-0.15, -0.1) is 0 Å². The Kier molecular flexibility index (Phi) is 5.83. The fourth-order valence-corrected chi connectivity index (χ4v) is 3.21. The van der Waals surface area contributed by atoms with Gasteiger partial charge in [0, 0.05) is 29.9 Å². The SMILES string of the molecule is CC(C)c1ccncc1-c1nc(NSc2cccc(F)n2)ccc1C(F)(F)F. The van der Waals surface area contributed by atoms with Crippen molar-refractivity contribution >= 4 is 17.8 Å². The van der Waals surface area contributed by atoms with Gasteiger partial charge in [0.2, 0.25) is 5.95 Å². The second kappa shape index (κ2) is 8.14. The van der Waals surface area contributed by atoms with E-state index in [2.05, 4.69) is 19.7 Å². The maximum Gasteiger partial charge on any atom is 0.418 e. The monoisotopic (exact) mass is 408 g/mol. The van der Waals surface area contributed by atoms with Crippen LogP contribution in [0.15, 0.2) is 53.8 Å². The molecule has 9 heteroatoms. The van der Waals surface area contributed by atoms with E-state index >= 15 is 0 Å². The van der Waals surface area contributed by atoms with E-state index < -0.39 is 17.7 Å². The van der Waals surface area contributed by atoms with Crippen LogP contribution in [0.2, 0.25) is 0 Å². The topological polar surface area (TPSA) is 50.7 Å². The van der Waals surface area contributed by atoms with Crippen LogP contribution in [0.1, 0.15) is 30.9 Å². The number of hydrogen-bond acceptors (Lipinski definition) is 5. The molecule has 146 valence electrons. The van der Waals surface area contributed by atoms with Gasteiger partial charge in [0.05, 0.1) is 11.3 Å². The molecule has 3 aromatic rings. The molecule has 3 rings (SSSR count). The van der Waals surface area contributed by atoms with Crippen molar-refractivity contribution in [1.82, 2.24) is 15.0 Å². The quantitative estimate of drug-likeness (QED) is 0.322. The van der Waals surface area contributed by atoms with E-state index in [-0.39, 0.29) is 17.4 Å². The van der Waals surface area contributed by atoms with Gasteiger partial charge >= 0.3 is 6.18 Å². The number of hydrogen-bond donors (Lipinski definition) is 1. The number of nitrogens with zero attached hydrogens (tertiary/aromatic N) is 3. The molecule has 0 saturated carbocycles. The molecule has 3 heterocycles. The number of anilines is 1. The third-order valence-electron chi connectivity index (χ3n) is 3.88. The van der Waals surface area contributed by atoms with E-state index in [1.165, 1.54) is 24.4 Å². The molecule has 0 amide bonds. The Balaban J connectivity index is 2.01. The fourth-order valence-electron chi connectivity index (χ4n) is 2.61. The van der Waals surface area contributed by atoms with Gasteiger partial charge < -0.3 is 4.72 Å². The van der Waals surface area contributed by atoms with E-state index in [0.29, 0.717) is 16.2 Å². The molecule has 0 aliphatic rings. The molecule has 4 nitrogen and oxygen atoms in total. The van der Waals surface area contributed by atoms with Crippen LogP contribution < -0.4 is 4.72 Å². The predicted octanol–water partition coefficient (Wildman–Crippen LogP) is 5.94. The summed E-state index contributed by atoms with van der Waals surface area (Å²) in [4.78, 5) is 11.8. The van der Waals surface area contributed by atoms with Gasteiger partial charge in [0.1, 0.15) is 10.8 Å². The molecular weight excluding hydrogens is 392 g/mol. The molecule has 0 fully saturated rings. The molecule has 1 N–H and O–H groups in total. The highest BCUT2D eigenvalue weighted by molar-refractivity contribution is 8.00. The van der Waals surface area contributed by atoms with Crippen LogP contribution in [-0.4, -0.2) is 15.0 Å². The number of rotatable bonds is 5. The van der Waals surface area contributed by atoms with Crippen molar-refractivity contribution < 1.29 is 17.6 Å². The summed E-state index contributed by atoms with van der Waals surface area (Å²) in [6.45, 7) is 3.78. The summed E-state index contributed by atoms with van der Waals surface area (Å²) in [5, 5.41) is 0.326. The molecule has 28 heavy (non-hydrogen) atoms. The number of halogens is 4. The first kappa shape index (κ1) is 20.1. The molecule has 3 aromatic heterocycles. The largest absolute Gasteiger partial charge is 0.418 e. The molecular formula is C19H16F4N4S. The van der Waals surface area contributed by atoms with Crippen LogP contribution in [0.4, 0.5) is 23.4 Å². The standard InChI is InChI=1S/C19H16F4N4S/c1-11(2)12-8-9-24-10-13(12)18-14(19(21,22)23)6-7-16(26-18)27-28-17-5-3-4-15(20)25-17/h3-11H,1-2H3,(H,26,27). The van der Waals surface area contributed by atoms with E-state index in [0.717, 1.165) is 18.0 Å². The molecule has 0 atom stereocenters. The third-order valence-corrected chi connectivity index (χ3v) is 4.63. The summed E-state index contributed by atoms with van der Waals surface area (Å²) in [5.74, 6) is -0.467. The lowest BCUT2D eigenvalue weighted by molar-refractivity contribution is -0.137. The minimum Gasteiger partial charge on any atom is -0.309 e. The summed E-state index contributed by atoms with van der Waals surface area (Å²) >= 11 is 0.955. The van der Waals surface area contributed by atoms with E-state index in [1.54, 1.807) is 18.3 Å². The normalized spacial score (nSPS) is 11.7. The maximum absolute atomic E-state index is 13.6. The van der Waals surface area contributed by atoms with Crippen molar-refractivity contribution in [3.63, 3.8) is 0 Å². The summed E-state index contributed by atoms with van der Waals surface area (Å²) in [5.41, 5.74) is -0.0177. The lowest BCUT2D eigenvalue weighted by Gasteiger charge is -2.17. The van der Waals surface area contributed by atoms with E-state index in [9.17, 15) is 17.6 Å². The van der Waals surface area contributed by atoms with Gasteiger partial charge in [0.25, 0.3) is 0 Å². The smallest absolute Gasteiger partial charge is 0.309 e. The summed E-state index contributed by atoms with van der Waals surface area (Å²) < 4.78 is 56.7. The highest BCUT2D eigenvalue weighted by Gasteiger charge is 2.35. The zero-order valence-corrected chi connectivity index (χ0v) is 15.8. The molecule has 0 aliphatic heterocycles. The average Bonchev–Trinajstić information content (AvgIpc) is 2.65. The predicted molar refractivity (Wildman–Crippen MR) is 100 cm³/mol. The van der Waals surface area contributed by atoms with E-state index in [4.69, 9.17) is 0 Å². The van der Waals surface area contributed by atoms with Crippen LogP contribution in [0.25, 0.3) is 11.3 Å². The Bertz CT molecular complexity index is 976. The van der Waals surface area contributed by atoms with Gasteiger partial charge in [-0.05, 0) is 41.8 Å². The molecule has 0 spiro atoms. The third kappa shape index (κ3) is 4.59. The zero-order valence-electron chi connectivity index (χ0n) is 15.0. The highest BCUT2D eigenvalue weighted by Crippen LogP contribution is 2.39. The molecule has 0 unspecified atom stereocenters. The van der Waals surface area contributed by atoms with Gasteiger partial charge in [-0.2, -0.15) is 17.6 Å². The minimum absolute atomic E-state index is 0.0108. The van der Waals surface area contributed by atoms with Crippen molar-refractivity contribution in [2.45, 2.75) is 31.0 Å². The molecule has 0 radical (unpaired) electrons. The molecule has 0 bridgehead atoms. The van der Waals surface area contributed by atoms with Crippen molar-refractivity contribution in [3.8, 4) is 11.3 Å². The van der Waals surface area contributed by atoms with Crippen molar-refractivity contribution in [1.29, 1.82) is 0 Å². The molecule has 0 aliphatic carbocycles. The summed E-state index contributed by atoms with van der Waals surface area (Å²) in [7, 11) is 0. The Morgan fingerprint density at radius 3 is 2.50 bits per heavy atom. The second-order valence-corrected chi connectivity index (χ2v) is 7.04. The Morgan fingerprint density at radius 1 is 1.04 bits per heavy atom. The number of aromatic nitrogens is 3. The first-order valence-corrected chi connectivity index (χ1v) is 9.15. The van der Waals surface area contributed by atoms with Gasteiger partial charge in [-0.3, -0.25) is 4.98 Å². The maximum atomic E-state index is 13.6. The van der Waals surface area contributed by atoms with Gasteiger partial charge in [-0.25, -0.2) is 9.97 Å². The molecule has 0 saturated heterocycles. The lowest BCUT2D eigenvalue weighted by atomic mass is 9.95. The molecule has 0 aromatic carbocycles. The van der Waals surface area contributed by atoms with Gasteiger partial charge in [-0.1, -0.05) is 19.9 Å². The van der Waals surface area contributed by atoms with Crippen molar-refractivity contribution in [2.75, 3.05) is 4.72 Å². The van der Waals surface area contributed by atoms with Crippen LogP contribution in [0, 0.1) is 5.95 Å². The fraction of sp³-hybridized carbons (Fsp3) is 0.211. The number of nitrogens with one attached hydrogen (secondary N) is 1. The number of pyridine rings is 3. The van der Waals surface area contributed by atoms with Crippen molar-refractivity contribution in [3.05, 3.63) is 65.9 Å². The van der Waals surface area contributed by atoms with Crippen LogP contribution in [-0.2, 0) is 6.18 Å². The Labute approximate surface area is 163 Å². The number of alkyl halides is 3. The van der Waals surface area contributed by atoms with Crippen molar-refractivity contribution in [2.24, 2.45) is 0 Å². The average molecular weight is 408 g/mol.